The van der Waals surface area contributed by atoms with Gasteiger partial charge in [0.05, 0.1) is 22.3 Å². The summed E-state index contributed by atoms with van der Waals surface area (Å²) >= 11 is 0. The summed E-state index contributed by atoms with van der Waals surface area (Å²) in [4.78, 5) is 11.3. The van der Waals surface area contributed by atoms with Gasteiger partial charge in [-0.1, -0.05) is 30.3 Å². The summed E-state index contributed by atoms with van der Waals surface area (Å²) in [7, 11) is -3.58. The van der Waals surface area contributed by atoms with Gasteiger partial charge in [-0.15, -0.1) is 0 Å². The van der Waals surface area contributed by atoms with Crippen molar-refractivity contribution in [3.05, 3.63) is 72.6 Å². The van der Waals surface area contributed by atoms with E-state index in [1.165, 1.54) is 0 Å². The van der Waals surface area contributed by atoms with Crippen LogP contribution < -0.4 is 0 Å². The maximum Gasteiger partial charge on any atom is 0.226 e. The molecule has 5 rings (SSSR count). The van der Waals surface area contributed by atoms with Gasteiger partial charge in [0.25, 0.3) is 0 Å². The first-order valence-corrected chi connectivity index (χ1v) is 10.3. The fourth-order valence-corrected chi connectivity index (χ4v) is 4.51. The minimum Gasteiger partial charge on any atom is -0.329 e. The lowest BCUT2D eigenvalue weighted by Crippen LogP contribution is -2.06. The van der Waals surface area contributed by atoms with Crippen LogP contribution in [-0.2, 0) is 15.6 Å². The zero-order chi connectivity index (χ0) is 19.1. The molecular formula is C20H15N5O2S. The number of imidazole rings is 1. The van der Waals surface area contributed by atoms with Crippen molar-refractivity contribution in [2.24, 2.45) is 0 Å². The van der Waals surface area contributed by atoms with E-state index in [2.05, 4.69) is 25.1 Å². The molecule has 28 heavy (non-hydrogen) atoms. The highest BCUT2D eigenvalue weighted by Crippen LogP contribution is 2.29. The molecule has 2 aromatic carbocycles. The van der Waals surface area contributed by atoms with Crippen LogP contribution in [-0.4, -0.2) is 33.6 Å². The fourth-order valence-electron chi connectivity index (χ4n) is 3.24. The molecule has 138 valence electrons. The van der Waals surface area contributed by atoms with Gasteiger partial charge in [0.1, 0.15) is 5.69 Å². The van der Waals surface area contributed by atoms with Gasteiger partial charge >= 0.3 is 0 Å². The number of pyridine rings is 1. The molecule has 0 aliphatic heterocycles. The Hall–Kier alpha value is -3.52. The first-order chi connectivity index (χ1) is 13.6. The third-order valence-electron chi connectivity index (χ3n) is 4.59. The van der Waals surface area contributed by atoms with Crippen LogP contribution in [0.15, 0.2) is 72.1 Å². The summed E-state index contributed by atoms with van der Waals surface area (Å²) in [5.74, 6) is -0.102. The smallest absolute Gasteiger partial charge is 0.226 e. The second kappa shape index (κ2) is 6.28. The first-order valence-electron chi connectivity index (χ1n) is 8.65. The van der Waals surface area contributed by atoms with Crippen LogP contribution in [0.4, 0.5) is 0 Å². The predicted molar refractivity (Wildman–Crippen MR) is 106 cm³/mol. The first kappa shape index (κ1) is 16.6. The number of sulfone groups is 1. The van der Waals surface area contributed by atoms with Crippen LogP contribution >= 0.6 is 0 Å². The topological polar surface area (TPSA) is 104 Å². The van der Waals surface area contributed by atoms with E-state index in [9.17, 15) is 8.42 Å². The van der Waals surface area contributed by atoms with Crippen molar-refractivity contribution in [2.45, 2.75) is 10.9 Å². The van der Waals surface area contributed by atoms with Gasteiger partial charge < -0.3 is 4.98 Å². The summed E-state index contributed by atoms with van der Waals surface area (Å²) in [6, 6.07) is 16.5. The third kappa shape index (κ3) is 2.84. The lowest BCUT2D eigenvalue weighted by atomic mass is 10.1. The molecule has 0 saturated carbocycles. The number of aromatic amines is 2. The third-order valence-corrected chi connectivity index (χ3v) is 6.09. The molecule has 7 nitrogen and oxygen atoms in total. The summed E-state index contributed by atoms with van der Waals surface area (Å²) in [5.41, 5.74) is 4.44. The molecule has 2 N–H and O–H groups in total. The van der Waals surface area contributed by atoms with Gasteiger partial charge in [-0.25, -0.2) is 13.4 Å². The van der Waals surface area contributed by atoms with Gasteiger partial charge in [0.15, 0.2) is 0 Å². The molecule has 0 spiro atoms. The molecule has 0 unspecified atom stereocenters. The number of benzene rings is 2. The molecule has 3 aromatic heterocycles. The molecule has 0 saturated heterocycles. The van der Waals surface area contributed by atoms with Crippen LogP contribution in [0.5, 0.6) is 0 Å². The van der Waals surface area contributed by atoms with Crippen molar-refractivity contribution in [1.82, 2.24) is 25.1 Å². The van der Waals surface area contributed by atoms with Gasteiger partial charge in [-0.3, -0.25) is 10.1 Å². The minimum atomic E-state index is -3.58. The summed E-state index contributed by atoms with van der Waals surface area (Å²) in [6.07, 6.45) is 3.41. The molecule has 0 bridgehead atoms. The van der Waals surface area contributed by atoms with Crippen molar-refractivity contribution < 1.29 is 8.42 Å². The maximum absolute atomic E-state index is 12.8. The van der Waals surface area contributed by atoms with Crippen molar-refractivity contribution in [3.8, 4) is 11.3 Å². The number of hydrogen-bond donors (Lipinski definition) is 2. The molecule has 0 radical (unpaired) electrons. The Kier molecular flexibility index (Phi) is 3.73. The molecule has 3 heterocycles. The Morgan fingerprint density at radius 3 is 2.50 bits per heavy atom. The van der Waals surface area contributed by atoms with Gasteiger partial charge in [-0.2, -0.15) is 5.10 Å². The Labute approximate surface area is 160 Å². The van der Waals surface area contributed by atoms with E-state index < -0.39 is 9.84 Å². The standard InChI is InChI=1S/C20H15N5O2S/c26-28(27,12-13-4-2-1-3-5-13)20-22-17-10-15-16(11-18(17)23-20)24-25-19(15)14-6-8-21-9-7-14/h1-11H,12H2,(H,22,23)(H,24,25). The second-order valence-electron chi connectivity index (χ2n) is 6.51. The largest absolute Gasteiger partial charge is 0.329 e. The Morgan fingerprint density at radius 1 is 0.929 bits per heavy atom. The van der Waals surface area contributed by atoms with Crippen LogP contribution in [0, 0.1) is 0 Å². The van der Waals surface area contributed by atoms with E-state index in [4.69, 9.17) is 0 Å². The Morgan fingerprint density at radius 2 is 1.71 bits per heavy atom. The van der Waals surface area contributed by atoms with E-state index >= 15 is 0 Å². The van der Waals surface area contributed by atoms with E-state index in [-0.39, 0.29) is 10.9 Å². The highest BCUT2D eigenvalue weighted by atomic mass is 32.2. The highest BCUT2D eigenvalue weighted by molar-refractivity contribution is 7.90. The van der Waals surface area contributed by atoms with Crippen molar-refractivity contribution >= 4 is 31.8 Å². The molecule has 0 amide bonds. The van der Waals surface area contributed by atoms with Crippen LogP contribution in [0.1, 0.15) is 5.56 Å². The van der Waals surface area contributed by atoms with Crippen LogP contribution in [0.25, 0.3) is 33.2 Å². The van der Waals surface area contributed by atoms with E-state index in [1.807, 2.05) is 42.5 Å². The summed E-state index contributed by atoms with van der Waals surface area (Å²) < 4.78 is 25.5. The number of aromatic nitrogens is 5. The molecule has 0 atom stereocenters. The normalized spacial score (nSPS) is 12.0. The lowest BCUT2D eigenvalue weighted by Gasteiger charge is -2.00. The molecular weight excluding hydrogens is 374 g/mol. The Balaban J connectivity index is 1.60. The average molecular weight is 389 g/mol. The molecule has 0 fully saturated rings. The predicted octanol–water partition coefficient (Wildman–Crippen LogP) is 3.48. The van der Waals surface area contributed by atoms with E-state index in [0.717, 1.165) is 27.7 Å². The van der Waals surface area contributed by atoms with Crippen molar-refractivity contribution in [1.29, 1.82) is 0 Å². The number of nitrogens with zero attached hydrogens (tertiary/aromatic N) is 3. The number of hydrogen-bond acceptors (Lipinski definition) is 5. The average Bonchev–Trinajstić information content (AvgIpc) is 3.31. The number of fused-ring (bicyclic) bond motifs is 2. The maximum atomic E-state index is 12.8. The second-order valence-corrected chi connectivity index (χ2v) is 8.41. The zero-order valence-electron chi connectivity index (χ0n) is 14.6. The van der Waals surface area contributed by atoms with Gasteiger partial charge in [0.2, 0.25) is 15.0 Å². The summed E-state index contributed by atoms with van der Waals surface area (Å²) in [6.45, 7) is 0. The van der Waals surface area contributed by atoms with Gasteiger partial charge in [-0.05, 0) is 29.8 Å². The number of H-pyrrole nitrogens is 2. The van der Waals surface area contributed by atoms with E-state index in [0.29, 0.717) is 11.0 Å². The molecule has 0 aliphatic carbocycles. The molecule has 0 aliphatic rings. The van der Waals surface area contributed by atoms with Crippen molar-refractivity contribution in [3.63, 3.8) is 0 Å². The van der Waals surface area contributed by atoms with Crippen LogP contribution in [0.2, 0.25) is 0 Å². The lowest BCUT2D eigenvalue weighted by molar-refractivity contribution is 0.588. The highest BCUT2D eigenvalue weighted by Gasteiger charge is 2.21. The zero-order valence-corrected chi connectivity index (χ0v) is 15.4. The van der Waals surface area contributed by atoms with Crippen LogP contribution in [0.3, 0.4) is 0 Å². The SMILES string of the molecule is O=S(=O)(Cc1ccccc1)c1nc2cc3c(-c4ccncc4)n[nH]c3cc2[nH]1. The minimum absolute atomic E-state index is 0.0302. The fraction of sp³-hybridized carbons (Fsp3) is 0.0500. The van der Waals surface area contributed by atoms with E-state index in [1.54, 1.807) is 24.5 Å². The van der Waals surface area contributed by atoms with Crippen molar-refractivity contribution in [2.75, 3.05) is 0 Å². The number of nitrogens with one attached hydrogen (secondary N) is 2. The quantitative estimate of drug-likeness (QED) is 0.490. The Bertz CT molecular complexity index is 1390. The molecule has 8 heteroatoms. The summed E-state index contributed by atoms with van der Waals surface area (Å²) in [5, 5.41) is 8.22. The molecule has 5 aromatic rings. The number of rotatable bonds is 4. The monoisotopic (exact) mass is 389 g/mol. The van der Waals surface area contributed by atoms with Gasteiger partial charge in [0, 0.05) is 23.3 Å².